The lowest BCUT2D eigenvalue weighted by Crippen LogP contribution is -2.23. The minimum absolute atomic E-state index is 0.464. The molecule has 0 unspecified atom stereocenters. The predicted octanol–water partition coefficient (Wildman–Crippen LogP) is 4.47. The standard InChI is InChI=1S/C19H17N3S/c1-14-6-10-18(11-7-14)21-19(23)22-20-13-15-8-9-16-4-2-3-5-17(16)12-15/h2-13H,1H3,(H2,21,22,23)/b20-13-. The summed E-state index contributed by atoms with van der Waals surface area (Å²) in [4.78, 5) is 0. The highest BCUT2D eigenvalue weighted by atomic mass is 32.1. The summed E-state index contributed by atoms with van der Waals surface area (Å²) in [5, 5.41) is 10.1. The van der Waals surface area contributed by atoms with E-state index in [0.717, 1.165) is 11.3 Å². The molecule has 3 aromatic rings. The van der Waals surface area contributed by atoms with Crippen LogP contribution in [0.5, 0.6) is 0 Å². The molecule has 0 spiro atoms. The van der Waals surface area contributed by atoms with Crippen molar-refractivity contribution < 1.29 is 0 Å². The second-order valence-electron chi connectivity index (χ2n) is 5.30. The summed E-state index contributed by atoms with van der Waals surface area (Å²) in [6.45, 7) is 2.05. The zero-order valence-corrected chi connectivity index (χ0v) is 13.6. The van der Waals surface area contributed by atoms with Crippen LogP contribution in [0.3, 0.4) is 0 Å². The Hall–Kier alpha value is -2.72. The first kappa shape index (κ1) is 15.2. The SMILES string of the molecule is Cc1ccc(NC(=S)N/N=C\c2ccc3ccccc3c2)cc1. The number of nitrogens with one attached hydrogen (secondary N) is 2. The van der Waals surface area contributed by atoms with Crippen LogP contribution in [-0.2, 0) is 0 Å². The first-order valence-electron chi connectivity index (χ1n) is 7.36. The molecule has 3 nitrogen and oxygen atoms in total. The molecule has 0 radical (unpaired) electrons. The summed E-state index contributed by atoms with van der Waals surface area (Å²) < 4.78 is 0. The minimum Gasteiger partial charge on any atom is -0.331 e. The van der Waals surface area contributed by atoms with Crippen LogP contribution in [0.25, 0.3) is 10.8 Å². The van der Waals surface area contributed by atoms with Gasteiger partial charge < -0.3 is 5.32 Å². The lowest BCUT2D eigenvalue weighted by atomic mass is 10.1. The molecule has 0 aliphatic carbocycles. The molecule has 4 heteroatoms. The number of nitrogens with zero attached hydrogens (tertiary/aromatic N) is 1. The lowest BCUT2D eigenvalue weighted by Gasteiger charge is -2.07. The van der Waals surface area contributed by atoms with Gasteiger partial charge in [-0.05, 0) is 53.7 Å². The van der Waals surface area contributed by atoms with E-state index in [4.69, 9.17) is 12.2 Å². The van der Waals surface area contributed by atoms with Gasteiger partial charge in [0.1, 0.15) is 0 Å². The molecule has 0 aromatic heterocycles. The van der Waals surface area contributed by atoms with Crippen molar-refractivity contribution in [2.24, 2.45) is 5.10 Å². The first-order valence-corrected chi connectivity index (χ1v) is 7.77. The molecule has 3 aromatic carbocycles. The third-order valence-electron chi connectivity index (χ3n) is 3.46. The zero-order chi connectivity index (χ0) is 16.1. The number of thiocarbonyl (C=S) groups is 1. The van der Waals surface area contributed by atoms with Crippen molar-refractivity contribution in [3.63, 3.8) is 0 Å². The lowest BCUT2D eigenvalue weighted by molar-refractivity contribution is 1.05. The van der Waals surface area contributed by atoms with Crippen molar-refractivity contribution in [3.05, 3.63) is 77.9 Å². The van der Waals surface area contributed by atoms with Crippen molar-refractivity contribution in [1.29, 1.82) is 0 Å². The first-order chi connectivity index (χ1) is 11.2. The Balaban J connectivity index is 1.60. The largest absolute Gasteiger partial charge is 0.331 e. The van der Waals surface area contributed by atoms with E-state index < -0.39 is 0 Å². The normalized spacial score (nSPS) is 10.8. The number of fused-ring (bicyclic) bond motifs is 1. The predicted molar refractivity (Wildman–Crippen MR) is 102 cm³/mol. The number of rotatable bonds is 3. The van der Waals surface area contributed by atoms with Crippen LogP contribution in [0, 0.1) is 6.92 Å². The molecule has 0 saturated heterocycles. The molecule has 114 valence electrons. The molecule has 2 N–H and O–H groups in total. The number of hydrogen-bond acceptors (Lipinski definition) is 2. The molecule has 0 aliphatic heterocycles. The third kappa shape index (κ3) is 4.14. The molecular weight excluding hydrogens is 302 g/mol. The van der Waals surface area contributed by atoms with E-state index in [1.165, 1.54) is 16.3 Å². The van der Waals surface area contributed by atoms with E-state index >= 15 is 0 Å². The Kier molecular flexibility index (Phi) is 4.64. The van der Waals surface area contributed by atoms with Crippen molar-refractivity contribution in [1.82, 2.24) is 5.43 Å². The fourth-order valence-electron chi connectivity index (χ4n) is 2.25. The molecule has 0 aliphatic rings. The Labute approximate surface area is 141 Å². The van der Waals surface area contributed by atoms with Gasteiger partial charge in [0, 0.05) is 5.69 Å². The van der Waals surface area contributed by atoms with Gasteiger partial charge >= 0.3 is 0 Å². The molecule has 0 heterocycles. The fraction of sp³-hybridized carbons (Fsp3) is 0.0526. The monoisotopic (exact) mass is 319 g/mol. The topological polar surface area (TPSA) is 36.4 Å². The van der Waals surface area contributed by atoms with Gasteiger partial charge in [0.2, 0.25) is 0 Å². The number of benzene rings is 3. The summed E-state index contributed by atoms with van der Waals surface area (Å²) in [6, 6.07) is 22.5. The Morgan fingerprint density at radius 1 is 0.957 bits per heavy atom. The summed E-state index contributed by atoms with van der Waals surface area (Å²) in [5.74, 6) is 0. The number of aryl methyl sites for hydroxylation is 1. The maximum atomic E-state index is 5.23. The second-order valence-corrected chi connectivity index (χ2v) is 5.70. The van der Waals surface area contributed by atoms with Crippen LogP contribution < -0.4 is 10.7 Å². The van der Waals surface area contributed by atoms with Gasteiger partial charge in [0.05, 0.1) is 6.21 Å². The smallest absolute Gasteiger partial charge is 0.191 e. The van der Waals surface area contributed by atoms with Crippen LogP contribution in [0.2, 0.25) is 0 Å². The Morgan fingerprint density at radius 2 is 1.70 bits per heavy atom. The number of anilines is 1. The van der Waals surface area contributed by atoms with Gasteiger partial charge in [-0.3, -0.25) is 5.43 Å². The quantitative estimate of drug-likeness (QED) is 0.425. The van der Waals surface area contributed by atoms with Crippen molar-refractivity contribution in [2.45, 2.75) is 6.92 Å². The average molecular weight is 319 g/mol. The molecule has 0 amide bonds. The van der Waals surface area contributed by atoms with Crippen LogP contribution >= 0.6 is 12.2 Å². The van der Waals surface area contributed by atoms with Gasteiger partial charge in [0.15, 0.2) is 5.11 Å². The van der Waals surface area contributed by atoms with Gasteiger partial charge in [-0.1, -0.05) is 54.1 Å². The maximum absolute atomic E-state index is 5.23. The van der Waals surface area contributed by atoms with Crippen LogP contribution in [-0.4, -0.2) is 11.3 Å². The molecule has 0 bridgehead atoms. The maximum Gasteiger partial charge on any atom is 0.191 e. The Morgan fingerprint density at radius 3 is 2.48 bits per heavy atom. The highest BCUT2D eigenvalue weighted by Gasteiger charge is 1.96. The summed E-state index contributed by atoms with van der Waals surface area (Å²) >= 11 is 5.23. The van der Waals surface area contributed by atoms with E-state index in [0.29, 0.717) is 5.11 Å². The highest BCUT2D eigenvalue weighted by Crippen LogP contribution is 2.14. The van der Waals surface area contributed by atoms with E-state index in [-0.39, 0.29) is 0 Å². The summed E-state index contributed by atoms with van der Waals surface area (Å²) in [6.07, 6.45) is 1.76. The van der Waals surface area contributed by atoms with Crippen LogP contribution in [0.15, 0.2) is 71.8 Å². The van der Waals surface area contributed by atoms with Crippen molar-refractivity contribution in [2.75, 3.05) is 5.32 Å². The fourth-order valence-corrected chi connectivity index (χ4v) is 2.42. The molecule has 23 heavy (non-hydrogen) atoms. The molecular formula is C19H17N3S. The molecule has 0 fully saturated rings. The van der Waals surface area contributed by atoms with E-state index in [2.05, 4.69) is 40.1 Å². The van der Waals surface area contributed by atoms with E-state index in [1.54, 1.807) is 6.21 Å². The number of hydrazone groups is 1. The molecule has 0 atom stereocenters. The molecule has 0 saturated carbocycles. The van der Waals surface area contributed by atoms with Gasteiger partial charge in [-0.2, -0.15) is 5.10 Å². The molecule has 3 rings (SSSR count). The highest BCUT2D eigenvalue weighted by molar-refractivity contribution is 7.80. The van der Waals surface area contributed by atoms with E-state index in [9.17, 15) is 0 Å². The third-order valence-corrected chi connectivity index (χ3v) is 3.66. The summed E-state index contributed by atoms with van der Waals surface area (Å²) in [7, 11) is 0. The van der Waals surface area contributed by atoms with Gasteiger partial charge in [-0.15, -0.1) is 0 Å². The minimum atomic E-state index is 0.464. The zero-order valence-electron chi connectivity index (χ0n) is 12.8. The van der Waals surface area contributed by atoms with Gasteiger partial charge in [-0.25, -0.2) is 0 Å². The van der Waals surface area contributed by atoms with E-state index in [1.807, 2.05) is 49.4 Å². The van der Waals surface area contributed by atoms with Crippen molar-refractivity contribution in [3.8, 4) is 0 Å². The summed E-state index contributed by atoms with van der Waals surface area (Å²) in [5.41, 5.74) is 6.01. The van der Waals surface area contributed by atoms with Gasteiger partial charge in [0.25, 0.3) is 0 Å². The second kappa shape index (κ2) is 7.03. The Bertz CT molecular complexity index is 854. The van der Waals surface area contributed by atoms with Crippen LogP contribution in [0.1, 0.15) is 11.1 Å². The average Bonchev–Trinajstić information content (AvgIpc) is 2.57. The van der Waals surface area contributed by atoms with Crippen LogP contribution in [0.4, 0.5) is 5.69 Å². The van der Waals surface area contributed by atoms with Crippen molar-refractivity contribution >= 4 is 40.0 Å². The number of hydrogen-bond donors (Lipinski definition) is 2.